The van der Waals surface area contributed by atoms with E-state index in [1.54, 1.807) is 0 Å². The molecule has 0 fully saturated rings. The molecular formula is C16H14ClFN2O. The van der Waals surface area contributed by atoms with Gasteiger partial charge in [-0.3, -0.25) is 5.84 Å². The van der Waals surface area contributed by atoms with Crippen LogP contribution in [0.15, 0.2) is 46.9 Å². The molecule has 1 unspecified atom stereocenters. The summed E-state index contributed by atoms with van der Waals surface area (Å²) in [5, 5.41) is 1.40. The highest BCUT2D eigenvalue weighted by Gasteiger charge is 2.20. The van der Waals surface area contributed by atoms with E-state index in [4.69, 9.17) is 21.9 Å². The third kappa shape index (κ3) is 2.65. The Labute approximate surface area is 126 Å². The second kappa shape index (κ2) is 5.48. The zero-order chi connectivity index (χ0) is 15.0. The average Bonchev–Trinajstić information content (AvgIpc) is 2.86. The number of hydrogen-bond acceptors (Lipinski definition) is 3. The minimum Gasteiger partial charge on any atom is -0.459 e. The molecule has 0 amide bonds. The molecule has 3 N–H and O–H groups in total. The number of rotatable bonds is 3. The Bertz CT molecular complexity index is 800. The molecule has 0 saturated carbocycles. The maximum atomic E-state index is 13.5. The quantitative estimate of drug-likeness (QED) is 0.566. The molecule has 0 aliphatic rings. The minimum absolute atomic E-state index is 0.374. The fourth-order valence-electron chi connectivity index (χ4n) is 2.39. The van der Waals surface area contributed by atoms with Crippen LogP contribution in [0.25, 0.3) is 11.0 Å². The Morgan fingerprint density at radius 2 is 2.00 bits per heavy atom. The van der Waals surface area contributed by atoms with Gasteiger partial charge in [0, 0.05) is 10.4 Å². The molecule has 0 bridgehead atoms. The van der Waals surface area contributed by atoms with Crippen LogP contribution < -0.4 is 11.3 Å². The van der Waals surface area contributed by atoms with Gasteiger partial charge in [-0.15, -0.1) is 0 Å². The molecule has 1 atom stereocenters. The van der Waals surface area contributed by atoms with Crippen LogP contribution in [0.3, 0.4) is 0 Å². The number of fused-ring (bicyclic) bond motifs is 1. The van der Waals surface area contributed by atoms with Crippen molar-refractivity contribution in [3.05, 3.63) is 70.2 Å². The fraction of sp³-hybridized carbons (Fsp3) is 0.125. The van der Waals surface area contributed by atoms with Gasteiger partial charge >= 0.3 is 0 Å². The van der Waals surface area contributed by atoms with Crippen LogP contribution in [-0.2, 0) is 0 Å². The van der Waals surface area contributed by atoms with Gasteiger partial charge < -0.3 is 4.42 Å². The smallest absolute Gasteiger partial charge is 0.134 e. The van der Waals surface area contributed by atoms with E-state index in [9.17, 15) is 4.39 Å². The normalized spacial score (nSPS) is 12.8. The Balaban J connectivity index is 2.11. The van der Waals surface area contributed by atoms with Crippen LogP contribution >= 0.6 is 11.6 Å². The molecule has 0 spiro atoms. The zero-order valence-corrected chi connectivity index (χ0v) is 12.1. The Morgan fingerprint density at radius 3 is 2.76 bits per heavy atom. The van der Waals surface area contributed by atoms with Gasteiger partial charge in [0.2, 0.25) is 0 Å². The van der Waals surface area contributed by atoms with Gasteiger partial charge in [0.15, 0.2) is 0 Å². The first-order valence-corrected chi connectivity index (χ1v) is 6.87. The van der Waals surface area contributed by atoms with Crippen molar-refractivity contribution in [2.24, 2.45) is 5.84 Å². The summed E-state index contributed by atoms with van der Waals surface area (Å²) in [6.45, 7) is 2.01. The van der Waals surface area contributed by atoms with Crippen molar-refractivity contribution >= 4 is 22.6 Å². The van der Waals surface area contributed by atoms with Crippen molar-refractivity contribution in [1.82, 2.24) is 5.43 Å². The highest BCUT2D eigenvalue weighted by molar-refractivity contribution is 6.31. The van der Waals surface area contributed by atoms with E-state index in [1.165, 1.54) is 18.2 Å². The number of halogens is 2. The predicted molar refractivity (Wildman–Crippen MR) is 81.5 cm³/mol. The molecular weight excluding hydrogens is 291 g/mol. The second-order valence-corrected chi connectivity index (χ2v) is 5.36. The van der Waals surface area contributed by atoms with Crippen LogP contribution in [-0.4, -0.2) is 0 Å². The molecule has 2 aromatic carbocycles. The van der Waals surface area contributed by atoms with Crippen molar-refractivity contribution in [2.75, 3.05) is 0 Å². The third-order valence-corrected chi connectivity index (χ3v) is 3.76. The fourth-order valence-corrected chi connectivity index (χ4v) is 2.61. The molecule has 1 heterocycles. The molecule has 0 aliphatic heterocycles. The number of benzene rings is 2. The standard InChI is InChI=1S/C16H14ClFN2O/c1-9-2-5-14-10(6-9)7-15(21-14)16(20-19)12-8-11(18)3-4-13(12)17/h2-8,16,20H,19H2,1H3. The van der Waals surface area contributed by atoms with Crippen molar-refractivity contribution < 1.29 is 8.81 Å². The van der Waals surface area contributed by atoms with E-state index in [2.05, 4.69) is 5.43 Å². The van der Waals surface area contributed by atoms with Crippen LogP contribution in [0.4, 0.5) is 4.39 Å². The van der Waals surface area contributed by atoms with Crippen molar-refractivity contribution in [3.63, 3.8) is 0 Å². The lowest BCUT2D eigenvalue weighted by molar-refractivity contribution is 0.475. The summed E-state index contributed by atoms with van der Waals surface area (Å²) in [6.07, 6.45) is 0. The van der Waals surface area contributed by atoms with Crippen LogP contribution in [0, 0.1) is 12.7 Å². The van der Waals surface area contributed by atoms with Crippen LogP contribution in [0.2, 0.25) is 5.02 Å². The molecule has 5 heteroatoms. The summed E-state index contributed by atoms with van der Waals surface area (Å²) in [7, 11) is 0. The topological polar surface area (TPSA) is 51.2 Å². The molecule has 0 saturated heterocycles. The highest BCUT2D eigenvalue weighted by Crippen LogP contribution is 2.32. The number of hydrogen-bond donors (Lipinski definition) is 2. The van der Waals surface area contributed by atoms with E-state index < -0.39 is 6.04 Å². The molecule has 3 aromatic rings. The van der Waals surface area contributed by atoms with E-state index in [0.717, 1.165) is 16.5 Å². The number of hydrazine groups is 1. The Morgan fingerprint density at radius 1 is 1.19 bits per heavy atom. The van der Waals surface area contributed by atoms with Gasteiger partial charge in [0.1, 0.15) is 23.2 Å². The lowest BCUT2D eigenvalue weighted by atomic mass is 10.0. The van der Waals surface area contributed by atoms with Crippen LogP contribution in [0.1, 0.15) is 22.9 Å². The molecule has 3 rings (SSSR count). The molecule has 0 aliphatic carbocycles. The van der Waals surface area contributed by atoms with E-state index in [-0.39, 0.29) is 5.82 Å². The maximum Gasteiger partial charge on any atom is 0.134 e. The predicted octanol–water partition coefficient (Wildman–Crippen LogP) is 4.09. The van der Waals surface area contributed by atoms with Crippen molar-refractivity contribution in [3.8, 4) is 0 Å². The van der Waals surface area contributed by atoms with Gasteiger partial charge in [0.05, 0.1) is 0 Å². The number of nitrogens with two attached hydrogens (primary N) is 1. The molecule has 108 valence electrons. The zero-order valence-electron chi connectivity index (χ0n) is 11.4. The number of nitrogens with one attached hydrogen (secondary N) is 1. The van der Waals surface area contributed by atoms with E-state index >= 15 is 0 Å². The highest BCUT2D eigenvalue weighted by atomic mass is 35.5. The summed E-state index contributed by atoms with van der Waals surface area (Å²) >= 11 is 6.14. The van der Waals surface area contributed by atoms with Crippen molar-refractivity contribution in [1.29, 1.82) is 0 Å². The van der Waals surface area contributed by atoms with E-state index in [0.29, 0.717) is 16.3 Å². The van der Waals surface area contributed by atoms with E-state index in [1.807, 2.05) is 31.2 Å². The van der Waals surface area contributed by atoms with Gasteiger partial charge in [-0.05, 0) is 48.9 Å². The summed E-state index contributed by atoms with van der Waals surface area (Å²) < 4.78 is 19.3. The van der Waals surface area contributed by atoms with Crippen LogP contribution in [0.5, 0.6) is 0 Å². The number of aryl methyl sites for hydroxylation is 1. The summed E-state index contributed by atoms with van der Waals surface area (Å²) in [5.74, 6) is 5.83. The Kier molecular flexibility index (Phi) is 3.68. The first kappa shape index (κ1) is 14.1. The summed E-state index contributed by atoms with van der Waals surface area (Å²) in [6, 6.07) is 11.4. The largest absolute Gasteiger partial charge is 0.459 e. The SMILES string of the molecule is Cc1ccc2oc(C(NN)c3cc(F)ccc3Cl)cc2c1. The number of furan rings is 1. The maximum absolute atomic E-state index is 13.5. The van der Waals surface area contributed by atoms with Gasteiger partial charge in [0.25, 0.3) is 0 Å². The summed E-state index contributed by atoms with van der Waals surface area (Å²) in [5.41, 5.74) is 5.06. The lowest BCUT2D eigenvalue weighted by Crippen LogP contribution is -2.28. The first-order chi connectivity index (χ1) is 10.1. The molecule has 0 radical (unpaired) electrons. The summed E-state index contributed by atoms with van der Waals surface area (Å²) in [4.78, 5) is 0. The third-order valence-electron chi connectivity index (χ3n) is 3.41. The van der Waals surface area contributed by atoms with Gasteiger partial charge in [-0.2, -0.15) is 0 Å². The average molecular weight is 305 g/mol. The van der Waals surface area contributed by atoms with Gasteiger partial charge in [-0.25, -0.2) is 9.82 Å². The lowest BCUT2D eigenvalue weighted by Gasteiger charge is -2.15. The Hall–Kier alpha value is -1.88. The van der Waals surface area contributed by atoms with Crippen molar-refractivity contribution in [2.45, 2.75) is 13.0 Å². The molecule has 3 nitrogen and oxygen atoms in total. The van der Waals surface area contributed by atoms with Gasteiger partial charge in [-0.1, -0.05) is 23.2 Å². The molecule has 1 aromatic heterocycles. The second-order valence-electron chi connectivity index (χ2n) is 4.96. The first-order valence-electron chi connectivity index (χ1n) is 6.49. The molecule has 21 heavy (non-hydrogen) atoms. The minimum atomic E-state index is -0.513. The monoisotopic (exact) mass is 304 g/mol.